The Hall–Kier alpha value is -3.36. The smallest absolute Gasteiger partial charge is 0.378 e. The molecule has 0 saturated heterocycles. The molecular weight excluding hydrogens is 324 g/mol. The molecule has 9 nitrogen and oxygen atoms in total. The fourth-order valence-corrected chi connectivity index (χ4v) is 2.07. The lowest BCUT2D eigenvalue weighted by Crippen LogP contribution is -2.07. The van der Waals surface area contributed by atoms with Crippen LogP contribution in [0.5, 0.6) is 5.88 Å². The molecule has 0 saturated carbocycles. The zero-order chi connectivity index (χ0) is 17.8. The van der Waals surface area contributed by atoms with E-state index in [2.05, 4.69) is 25.0 Å². The summed E-state index contributed by atoms with van der Waals surface area (Å²) in [5.74, 6) is 0.160. The largest absolute Gasteiger partial charge is 0.481 e. The predicted molar refractivity (Wildman–Crippen MR) is 87.4 cm³/mol. The normalized spacial score (nSPS) is 10.5. The van der Waals surface area contributed by atoms with Crippen LogP contribution in [0.4, 0.5) is 0 Å². The highest BCUT2D eigenvalue weighted by Gasteiger charge is 2.20. The Bertz CT molecular complexity index is 874. The van der Waals surface area contributed by atoms with E-state index < -0.39 is 5.97 Å². The molecule has 0 amide bonds. The molecule has 0 radical (unpaired) electrons. The van der Waals surface area contributed by atoms with Crippen LogP contribution in [0.2, 0.25) is 0 Å². The fraction of sp³-hybridized carbons (Fsp3) is 0.250. The molecule has 9 heteroatoms. The minimum Gasteiger partial charge on any atom is -0.481 e. The molecule has 0 unspecified atom stereocenters. The molecule has 0 aliphatic carbocycles. The van der Waals surface area contributed by atoms with E-state index in [9.17, 15) is 4.79 Å². The number of pyridine rings is 1. The highest BCUT2D eigenvalue weighted by Crippen LogP contribution is 2.20. The van der Waals surface area contributed by atoms with Gasteiger partial charge in [-0.3, -0.25) is 4.98 Å². The van der Waals surface area contributed by atoms with Gasteiger partial charge in [0.15, 0.2) is 5.82 Å². The van der Waals surface area contributed by atoms with E-state index in [4.69, 9.17) is 9.47 Å². The Kier molecular flexibility index (Phi) is 4.64. The molecule has 0 atom stereocenters. The van der Waals surface area contributed by atoms with Crippen LogP contribution in [-0.4, -0.2) is 49.4 Å². The SMILES string of the molecule is CCOC(=O)c1nc(-c2cnc(C)cn2)n(-c2ccc(OC)nc2)n1. The lowest BCUT2D eigenvalue weighted by atomic mass is 10.3. The number of esters is 1. The van der Waals surface area contributed by atoms with Crippen molar-refractivity contribution in [3.63, 3.8) is 0 Å². The van der Waals surface area contributed by atoms with Crippen molar-refractivity contribution in [3.05, 3.63) is 42.2 Å². The molecule has 0 aromatic carbocycles. The lowest BCUT2D eigenvalue weighted by Gasteiger charge is -2.05. The van der Waals surface area contributed by atoms with Gasteiger partial charge in [0.1, 0.15) is 5.69 Å². The van der Waals surface area contributed by atoms with Crippen LogP contribution >= 0.6 is 0 Å². The maximum atomic E-state index is 12.0. The monoisotopic (exact) mass is 340 g/mol. The van der Waals surface area contributed by atoms with Gasteiger partial charge in [-0.05, 0) is 19.9 Å². The van der Waals surface area contributed by atoms with Gasteiger partial charge in [0.05, 0.1) is 37.5 Å². The number of carbonyl (C=O) groups excluding carboxylic acids is 1. The van der Waals surface area contributed by atoms with E-state index in [-0.39, 0.29) is 12.4 Å². The molecule has 25 heavy (non-hydrogen) atoms. The summed E-state index contributed by atoms with van der Waals surface area (Å²) < 4.78 is 11.5. The number of methoxy groups -OCH3 is 1. The molecule has 3 heterocycles. The van der Waals surface area contributed by atoms with Crippen molar-refractivity contribution in [3.8, 4) is 23.1 Å². The zero-order valence-electron chi connectivity index (χ0n) is 14.0. The number of hydrogen-bond donors (Lipinski definition) is 0. The van der Waals surface area contributed by atoms with Crippen molar-refractivity contribution in [2.24, 2.45) is 0 Å². The Labute approximate surface area is 143 Å². The summed E-state index contributed by atoms with van der Waals surface area (Å²) in [7, 11) is 1.53. The van der Waals surface area contributed by atoms with E-state index in [1.54, 1.807) is 37.6 Å². The van der Waals surface area contributed by atoms with Crippen molar-refractivity contribution in [2.75, 3.05) is 13.7 Å². The summed E-state index contributed by atoms with van der Waals surface area (Å²) in [4.78, 5) is 28.9. The summed E-state index contributed by atoms with van der Waals surface area (Å²) in [5, 5.41) is 4.24. The summed E-state index contributed by atoms with van der Waals surface area (Å²) in [5.41, 5.74) is 1.84. The van der Waals surface area contributed by atoms with Crippen LogP contribution in [0.1, 0.15) is 23.2 Å². The highest BCUT2D eigenvalue weighted by atomic mass is 16.5. The Morgan fingerprint density at radius 2 is 2.00 bits per heavy atom. The van der Waals surface area contributed by atoms with Gasteiger partial charge >= 0.3 is 5.97 Å². The molecule has 3 aromatic heterocycles. The second-order valence-electron chi connectivity index (χ2n) is 4.99. The molecule has 128 valence electrons. The van der Waals surface area contributed by atoms with E-state index in [1.807, 2.05) is 6.92 Å². The fourth-order valence-electron chi connectivity index (χ4n) is 2.07. The third-order valence-electron chi connectivity index (χ3n) is 3.25. The van der Waals surface area contributed by atoms with Gasteiger partial charge in [0.25, 0.3) is 5.82 Å². The average Bonchev–Trinajstić information content (AvgIpc) is 3.08. The quantitative estimate of drug-likeness (QED) is 0.645. The maximum absolute atomic E-state index is 12.0. The second-order valence-corrected chi connectivity index (χ2v) is 4.99. The van der Waals surface area contributed by atoms with Gasteiger partial charge in [-0.1, -0.05) is 0 Å². The van der Waals surface area contributed by atoms with Crippen molar-refractivity contribution in [1.29, 1.82) is 0 Å². The van der Waals surface area contributed by atoms with Crippen LogP contribution in [0, 0.1) is 6.92 Å². The number of ether oxygens (including phenoxy) is 2. The third-order valence-corrected chi connectivity index (χ3v) is 3.25. The predicted octanol–water partition coefficient (Wildman–Crippen LogP) is 1.61. The summed E-state index contributed by atoms with van der Waals surface area (Å²) in [6.45, 7) is 3.78. The Balaban J connectivity index is 2.10. The summed E-state index contributed by atoms with van der Waals surface area (Å²) >= 11 is 0. The van der Waals surface area contributed by atoms with E-state index >= 15 is 0 Å². The van der Waals surface area contributed by atoms with E-state index in [0.717, 1.165) is 5.69 Å². The molecule has 3 aromatic rings. The van der Waals surface area contributed by atoms with Gasteiger partial charge in [0.2, 0.25) is 5.88 Å². The molecule has 0 aliphatic rings. The van der Waals surface area contributed by atoms with Crippen molar-refractivity contribution in [2.45, 2.75) is 13.8 Å². The van der Waals surface area contributed by atoms with Crippen LogP contribution in [-0.2, 0) is 4.74 Å². The topological polar surface area (TPSA) is 105 Å². The average molecular weight is 340 g/mol. The Morgan fingerprint density at radius 3 is 2.60 bits per heavy atom. The number of nitrogens with zero attached hydrogens (tertiary/aromatic N) is 6. The van der Waals surface area contributed by atoms with Crippen LogP contribution < -0.4 is 4.74 Å². The van der Waals surface area contributed by atoms with E-state index in [1.165, 1.54) is 11.8 Å². The first-order valence-corrected chi connectivity index (χ1v) is 7.56. The standard InChI is InChI=1S/C16H16N6O3/c1-4-25-16(23)14-20-15(12-9-17-10(2)7-18-12)22(21-14)11-5-6-13(24-3)19-8-11/h5-9H,4H2,1-3H3. The van der Waals surface area contributed by atoms with Crippen LogP contribution in [0.25, 0.3) is 17.2 Å². The first kappa shape index (κ1) is 16.5. The van der Waals surface area contributed by atoms with E-state index in [0.29, 0.717) is 23.1 Å². The van der Waals surface area contributed by atoms with Gasteiger partial charge in [-0.15, -0.1) is 5.10 Å². The molecule has 0 spiro atoms. The number of carbonyl (C=O) groups is 1. The van der Waals surface area contributed by atoms with Crippen molar-refractivity contribution >= 4 is 5.97 Å². The van der Waals surface area contributed by atoms with Crippen LogP contribution in [0.3, 0.4) is 0 Å². The van der Waals surface area contributed by atoms with Gasteiger partial charge in [-0.25, -0.2) is 19.4 Å². The molecular formula is C16H16N6O3. The minimum absolute atomic E-state index is 0.0601. The number of aryl methyl sites for hydroxylation is 1. The van der Waals surface area contributed by atoms with Crippen molar-refractivity contribution < 1.29 is 14.3 Å². The molecule has 3 rings (SSSR count). The summed E-state index contributed by atoms with van der Waals surface area (Å²) in [6.07, 6.45) is 4.75. The molecule has 0 bridgehead atoms. The second kappa shape index (κ2) is 7.04. The lowest BCUT2D eigenvalue weighted by molar-refractivity contribution is 0.0512. The van der Waals surface area contributed by atoms with Crippen molar-refractivity contribution in [1.82, 2.24) is 29.7 Å². The van der Waals surface area contributed by atoms with Gasteiger partial charge in [0, 0.05) is 12.3 Å². The molecule has 0 aliphatic heterocycles. The first-order valence-electron chi connectivity index (χ1n) is 7.56. The maximum Gasteiger partial charge on any atom is 0.378 e. The highest BCUT2D eigenvalue weighted by molar-refractivity contribution is 5.85. The number of aromatic nitrogens is 6. The molecule has 0 N–H and O–H groups in total. The minimum atomic E-state index is -0.607. The first-order chi connectivity index (χ1) is 12.1. The van der Waals surface area contributed by atoms with Gasteiger partial charge < -0.3 is 9.47 Å². The molecule has 0 fully saturated rings. The van der Waals surface area contributed by atoms with Crippen LogP contribution in [0.15, 0.2) is 30.7 Å². The number of rotatable bonds is 5. The number of hydrogen-bond acceptors (Lipinski definition) is 8. The Morgan fingerprint density at radius 1 is 1.16 bits per heavy atom. The third kappa shape index (κ3) is 3.44. The zero-order valence-corrected chi connectivity index (χ0v) is 14.0. The summed E-state index contributed by atoms with van der Waals surface area (Å²) in [6, 6.07) is 3.44. The van der Waals surface area contributed by atoms with Gasteiger partial charge in [-0.2, -0.15) is 4.98 Å².